The zero-order valence-corrected chi connectivity index (χ0v) is 20.6. The molecule has 0 amide bonds. The highest BCUT2D eigenvalue weighted by molar-refractivity contribution is 7.92. The molecule has 0 spiro atoms. The predicted molar refractivity (Wildman–Crippen MR) is 136 cm³/mol. The summed E-state index contributed by atoms with van der Waals surface area (Å²) in [5.74, 6) is 0.145. The van der Waals surface area contributed by atoms with Crippen molar-refractivity contribution in [2.24, 2.45) is 5.92 Å². The average Bonchev–Trinajstić information content (AvgIpc) is 2.82. The number of sulfonamides is 1. The van der Waals surface area contributed by atoms with Crippen LogP contribution in [0.4, 0.5) is 11.4 Å². The Morgan fingerprint density at radius 1 is 1.24 bits per heavy atom. The Hall–Kier alpha value is -2.64. The van der Waals surface area contributed by atoms with E-state index in [1.165, 1.54) is 10.4 Å². The lowest BCUT2D eigenvalue weighted by molar-refractivity contribution is 0.0343. The highest BCUT2D eigenvalue weighted by Crippen LogP contribution is 2.30. The lowest BCUT2D eigenvalue weighted by Crippen LogP contribution is -2.34. The molecule has 1 saturated heterocycles. The number of anilines is 2. The van der Waals surface area contributed by atoms with Crippen LogP contribution < -0.4 is 9.62 Å². The van der Waals surface area contributed by atoms with Gasteiger partial charge in [-0.2, -0.15) is 0 Å². The van der Waals surface area contributed by atoms with Gasteiger partial charge in [0.2, 0.25) is 0 Å². The van der Waals surface area contributed by atoms with Crippen molar-refractivity contribution in [3.63, 3.8) is 0 Å². The van der Waals surface area contributed by atoms with Crippen LogP contribution in [-0.4, -0.2) is 33.5 Å². The molecule has 2 aromatic rings. The molecule has 1 atom stereocenters. The molecule has 1 heterocycles. The largest absolute Gasteiger partial charge is 0.360 e. The first-order valence-corrected chi connectivity index (χ1v) is 13.1. The van der Waals surface area contributed by atoms with Gasteiger partial charge < -0.3 is 15.5 Å². The normalized spacial score (nSPS) is 16.4. The minimum Gasteiger partial charge on any atom is -0.360 e. The summed E-state index contributed by atoms with van der Waals surface area (Å²) in [6.07, 6.45) is 5.04. The molecule has 0 saturated carbocycles. The number of nitrogens with zero attached hydrogens (tertiary/aromatic N) is 1. The fourth-order valence-electron chi connectivity index (χ4n) is 3.88. The van der Waals surface area contributed by atoms with Crippen LogP contribution in [0.5, 0.6) is 0 Å². The van der Waals surface area contributed by atoms with E-state index in [0.29, 0.717) is 30.1 Å². The molecule has 1 aliphatic heterocycles. The second kappa shape index (κ2) is 11.0. The second-order valence-corrected chi connectivity index (χ2v) is 10.6. The van der Waals surface area contributed by atoms with Crippen LogP contribution in [0.15, 0.2) is 60.0 Å². The molecule has 0 aliphatic carbocycles. The third-order valence-corrected chi connectivity index (χ3v) is 7.52. The van der Waals surface area contributed by atoms with Gasteiger partial charge in [-0.25, -0.2) is 8.42 Å². The summed E-state index contributed by atoms with van der Waals surface area (Å²) in [4.78, 5) is 0.182. The maximum atomic E-state index is 13.8. The van der Waals surface area contributed by atoms with E-state index >= 15 is 0 Å². The van der Waals surface area contributed by atoms with E-state index < -0.39 is 10.0 Å². The van der Waals surface area contributed by atoms with E-state index in [1.54, 1.807) is 18.2 Å². The Morgan fingerprint density at radius 3 is 2.55 bits per heavy atom. The summed E-state index contributed by atoms with van der Waals surface area (Å²) in [7, 11) is -3.83. The Morgan fingerprint density at radius 2 is 1.97 bits per heavy atom. The van der Waals surface area contributed by atoms with Crippen molar-refractivity contribution in [1.29, 1.82) is 5.41 Å². The van der Waals surface area contributed by atoms with E-state index in [9.17, 15) is 8.42 Å². The van der Waals surface area contributed by atoms with Crippen LogP contribution in [0.1, 0.15) is 51.2 Å². The van der Waals surface area contributed by atoms with Crippen LogP contribution in [-0.2, 0) is 21.2 Å². The maximum absolute atomic E-state index is 13.8. The third kappa shape index (κ3) is 6.03. The molecule has 178 valence electrons. The van der Waals surface area contributed by atoms with E-state index in [2.05, 4.69) is 18.8 Å². The van der Waals surface area contributed by atoms with Crippen molar-refractivity contribution in [3.8, 4) is 0 Å². The molecule has 1 unspecified atom stereocenters. The van der Waals surface area contributed by atoms with E-state index in [0.717, 1.165) is 31.2 Å². The molecule has 2 N–H and O–H groups in total. The first-order chi connectivity index (χ1) is 15.8. The highest BCUT2D eigenvalue weighted by Gasteiger charge is 2.27. The van der Waals surface area contributed by atoms with Crippen LogP contribution >= 0.6 is 0 Å². The number of hydrogen-bond acceptors (Lipinski definition) is 5. The minimum atomic E-state index is -3.83. The molecule has 1 fully saturated rings. The van der Waals surface area contributed by atoms with E-state index in [4.69, 9.17) is 10.1 Å². The zero-order chi connectivity index (χ0) is 24.0. The van der Waals surface area contributed by atoms with Crippen LogP contribution in [0.25, 0.3) is 0 Å². The summed E-state index contributed by atoms with van der Waals surface area (Å²) in [5.41, 5.74) is 3.20. The molecule has 2 aromatic carbocycles. The topological polar surface area (TPSA) is 82.5 Å². The molecule has 7 heteroatoms. The van der Waals surface area contributed by atoms with Gasteiger partial charge in [0.05, 0.1) is 16.3 Å². The number of benzene rings is 2. The average molecular weight is 470 g/mol. The standard InChI is InChI=1S/C26H35N3O3S/c1-5-20-10-12-21(13-11-20)29(18-19(3)4)33(30,31)22-14-15-23(24(27)6-2)25(17-22)28-26-9-7-8-16-32-26/h6,10-15,17,19,26-28H,2,5,7-9,16,18H2,1,3-4H3. The van der Waals surface area contributed by atoms with Gasteiger partial charge in [-0.15, -0.1) is 0 Å². The fraction of sp³-hybridized carbons (Fsp3) is 0.423. The molecule has 3 rings (SSSR count). The van der Waals surface area contributed by atoms with Crippen LogP contribution in [0.2, 0.25) is 0 Å². The predicted octanol–water partition coefficient (Wildman–Crippen LogP) is 5.59. The first-order valence-electron chi connectivity index (χ1n) is 11.6. The van der Waals surface area contributed by atoms with Gasteiger partial charge in [0, 0.05) is 24.4 Å². The molecule has 33 heavy (non-hydrogen) atoms. The molecule has 6 nitrogen and oxygen atoms in total. The summed E-state index contributed by atoms with van der Waals surface area (Å²) in [5, 5.41) is 11.6. The summed E-state index contributed by atoms with van der Waals surface area (Å²) in [6, 6.07) is 12.6. The van der Waals surface area contributed by atoms with Gasteiger partial charge in [-0.05, 0) is 73.6 Å². The molecular formula is C26H35N3O3S. The Labute approximate surface area is 198 Å². The van der Waals surface area contributed by atoms with Gasteiger partial charge in [0.1, 0.15) is 6.23 Å². The number of allylic oxidation sites excluding steroid dienone is 1. The van der Waals surface area contributed by atoms with Crippen molar-refractivity contribution in [2.75, 3.05) is 22.8 Å². The quantitative estimate of drug-likeness (QED) is 0.444. The number of aryl methyl sites for hydroxylation is 1. The SMILES string of the molecule is C=CC(=N)c1ccc(S(=O)(=O)N(CC(C)C)c2ccc(CC)cc2)cc1NC1CCCCO1. The van der Waals surface area contributed by atoms with E-state index in [1.807, 2.05) is 38.1 Å². The van der Waals surface area contributed by atoms with E-state index in [-0.39, 0.29) is 22.8 Å². The smallest absolute Gasteiger partial charge is 0.264 e. The molecular weight excluding hydrogens is 434 g/mol. The highest BCUT2D eigenvalue weighted by atomic mass is 32.2. The Balaban J connectivity index is 2.03. The molecule has 0 aromatic heterocycles. The fourth-order valence-corrected chi connectivity index (χ4v) is 5.53. The van der Waals surface area contributed by atoms with Crippen LogP contribution in [0, 0.1) is 11.3 Å². The lowest BCUT2D eigenvalue weighted by atomic mass is 10.1. The number of ether oxygens (including phenoxy) is 1. The summed E-state index contributed by atoms with van der Waals surface area (Å²) in [6.45, 7) is 10.8. The molecule has 0 bridgehead atoms. The van der Waals surface area contributed by atoms with Gasteiger partial charge >= 0.3 is 0 Å². The third-order valence-electron chi connectivity index (χ3n) is 5.73. The Kier molecular flexibility index (Phi) is 8.32. The molecule has 0 radical (unpaired) electrons. The van der Waals surface area contributed by atoms with Crippen molar-refractivity contribution in [2.45, 2.75) is 57.6 Å². The van der Waals surface area contributed by atoms with Gasteiger partial charge in [0.25, 0.3) is 10.0 Å². The van der Waals surface area contributed by atoms with Crippen molar-refractivity contribution < 1.29 is 13.2 Å². The van der Waals surface area contributed by atoms with Gasteiger partial charge in [0.15, 0.2) is 0 Å². The molecule has 1 aliphatic rings. The monoisotopic (exact) mass is 469 g/mol. The van der Waals surface area contributed by atoms with Crippen LogP contribution in [0.3, 0.4) is 0 Å². The summed E-state index contributed by atoms with van der Waals surface area (Å²) < 4.78 is 34.9. The van der Waals surface area contributed by atoms with Crippen molar-refractivity contribution in [1.82, 2.24) is 0 Å². The van der Waals surface area contributed by atoms with Crippen molar-refractivity contribution >= 4 is 27.1 Å². The minimum absolute atomic E-state index is 0.145. The van der Waals surface area contributed by atoms with Gasteiger partial charge in [-0.3, -0.25) is 4.31 Å². The maximum Gasteiger partial charge on any atom is 0.264 e. The van der Waals surface area contributed by atoms with Gasteiger partial charge in [-0.1, -0.05) is 39.5 Å². The van der Waals surface area contributed by atoms with Crippen molar-refractivity contribution in [3.05, 3.63) is 66.2 Å². The number of rotatable bonds is 10. The summed E-state index contributed by atoms with van der Waals surface area (Å²) >= 11 is 0. The lowest BCUT2D eigenvalue weighted by Gasteiger charge is -2.28. The zero-order valence-electron chi connectivity index (χ0n) is 19.8. The first kappa shape index (κ1) is 25.0. The number of nitrogens with one attached hydrogen (secondary N) is 2. The second-order valence-electron chi connectivity index (χ2n) is 8.77. The number of hydrogen-bond donors (Lipinski definition) is 2. The Bertz CT molecular complexity index is 1070.